The second-order valence-corrected chi connectivity index (χ2v) is 4.28. The molecule has 0 aliphatic heterocycles. The van der Waals surface area contributed by atoms with Crippen LogP contribution in [0.2, 0.25) is 0 Å². The van der Waals surface area contributed by atoms with Gasteiger partial charge in [0, 0.05) is 11.8 Å². The van der Waals surface area contributed by atoms with Crippen molar-refractivity contribution in [2.75, 3.05) is 20.8 Å². The Labute approximate surface area is 119 Å². The lowest BCUT2D eigenvalue weighted by molar-refractivity contribution is 0.333. The number of hydrogen-bond acceptors (Lipinski definition) is 4. The Morgan fingerprint density at radius 2 is 1.90 bits per heavy atom. The van der Waals surface area contributed by atoms with E-state index in [1.807, 2.05) is 50.4 Å². The summed E-state index contributed by atoms with van der Waals surface area (Å²) in [6.45, 7) is 2.61. The Morgan fingerprint density at radius 3 is 2.60 bits per heavy atom. The molecule has 106 valence electrons. The van der Waals surface area contributed by atoms with Crippen molar-refractivity contribution in [2.45, 2.75) is 13.0 Å². The van der Waals surface area contributed by atoms with Gasteiger partial charge in [-0.3, -0.25) is 4.98 Å². The first-order valence-corrected chi connectivity index (χ1v) is 6.69. The molecule has 0 aliphatic carbocycles. The van der Waals surface area contributed by atoms with Gasteiger partial charge < -0.3 is 14.8 Å². The van der Waals surface area contributed by atoms with Crippen molar-refractivity contribution in [3.05, 3.63) is 53.9 Å². The Hall–Kier alpha value is -2.07. The van der Waals surface area contributed by atoms with Crippen molar-refractivity contribution < 1.29 is 9.47 Å². The third-order valence-corrected chi connectivity index (χ3v) is 3.11. The monoisotopic (exact) mass is 272 g/mol. The summed E-state index contributed by atoms with van der Waals surface area (Å²) >= 11 is 0. The van der Waals surface area contributed by atoms with Crippen LogP contribution in [-0.4, -0.2) is 25.7 Å². The van der Waals surface area contributed by atoms with Gasteiger partial charge in [-0.05, 0) is 32.2 Å². The van der Waals surface area contributed by atoms with E-state index in [4.69, 9.17) is 9.47 Å². The molecule has 2 rings (SSSR count). The molecule has 0 saturated heterocycles. The summed E-state index contributed by atoms with van der Waals surface area (Å²) in [4.78, 5) is 4.46. The van der Waals surface area contributed by atoms with E-state index in [9.17, 15) is 0 Å². The summed E-state index contributed by atoms with van der Waals surface area (Å²) in [7, 11) is 3.56. The van der Waals surface area contributed by atoms with Gasteiger partial charge in [0.1, 0.15) is 17.2 Å². The van der Waals surface area contributed by atoms with Crippen molar-refractivity contribution in [3.63, 3.8) is 0 Å². The van der Waals surface area contributed by atoms with Crippen LogP contribution in [0.3, 0.4) is 0 Å². The highest BCUT2D eigenvalue weighted by Gasteiger charge is 2.21. The Morgan fingerprint density at radius 1 is 1.15 bits per heavy atom. The molecular weight excluding hydrogens is 252 g/mol. The molecule has 0 radical (unpaired) electrons. The maximum atomic E-state index is 5.71. The van der Waals surface area contributed by atoms with Gasteiger partial charge in [-0.2, -0.15) is 0 Å². The maximum Gasteiger partial charge on any atom is 0.142 e. The topological polar surface area (TPSA) is 43.4 Å². The molecule has 0 fully saturated rings. The quantitative estimate of drug-likeness (QED) is 0.878. The largest absolute Gasteiger partial charge is 0.495 e. The fraction of sp³-hybridized carbons (Fsp3) is 0.312. The summed E-state index contributed by atoms with van der Waals surface area (Å²) in [5, 5.41) is 3.29. The van der Waals surface area contributed by atoms with Crippen LogP contribution >= 0.6 is 0 Å². The third-order valence-electron chi connectivity index (χ3n) is 3.11. The van der Waals surface area contributed by atoms with E-state index in [0.717, 1.165) is 22.8 Å². The van der Waals surface area contributed by atoms with Gasteiger partial charge in [0.05, 0.1) is 19.8 Å². The lowest BCUT2D eigenvalue weighted by atomic mass is 10.0. The normalized spacial score (nSPS) is 11.9. The van der Waals surface area contributed by atoms with E-state index in [2.05, 4.69) is 10.3 Å². The van der Waals surface area contributed by atoms with E-state index in [-0.39, 0.29) is 6.04 Å². The smallest absolute Gasteiger partial charge is 0.142 e. The van der Waals surface area contributed by atoms with Crippen LogP contribution in [0, 0.1) is 0 Å². The maximum absolute atomic E-state index is 5.71. The van der Waals surface area contributed by atoms with E-state index < -0.39 is 0 Å². The van der Waals surface area contributed by atoms with E-state index in [0.29, 0.717) is 6.61 Å². The van der Waals surface area contributed by atoms with Gasteiger partial charge in [-0.15, -0.1) is 0 Å². The Bertz CT molecular complexity index is 558. The number of hydrogen-bond donors (Lipinski definition) is 1. The van der Waals surface area contributed by atoms with Crippen LogP contribution in [0.4, 0.5) is 0 Å². The molecule has 4 heteroatoms. The minimum absolute atomic E-state index is 0.0751. The van der Waals surface area contributed by atoms with E-state index in [1.165, 1.54) is 0 Å². The lowest BCUT2D eigenvalue weighted by Gasteiger charge is -2.21. The molecule has 2 aromatic rings. The zero-order valence-electron chi connectivity index (χ0n) is 12.1. The standard InChI is InChI=1S/C16H20N2O2/c1-4-20-13-9-6-5-8-12(13)15(17-2)16-14(19-3)10-7-11-18-16/h5-11,15,17H,4H2,1-3H3. The predicted molar refractivity (Wildman–Crippen MR) is 79.3 cm³/mol. The second kappa shape index (κ2) is 6.91. The number of pyridine rings is 1. The molecule has 1 unspecified atom stereocenters. The average Bonchev–Trinajstić information content (AvgIpc) is 2.50. The van der Waals surface area contributed by atoms with Crippen LogP contribution in [0.5, 0.6) is 11.5 Å². The van der Waals surface area contributed by atoms with Crippen LogP contribution < -0.4 is 14.8 Å². The first-order valence-electron chi connectivity index (χ1n) is 6.69. The number of nitrogens with one attached hydrogen (secondary N) is 1. The second-order valence-electron chi connectivity index (χ2n) is 4.28. The Kier molecular flexibility index (Phi) is 4.96. The van der Waals surface area contributed by atoms with Gasteiger partial charge in [-0.25, -0.2) is 0 Å². The molecule has 1 atom stereocenters. The van der Waals surface area contributed by atoms with Crippen LogP contribution in [0.15, 0.2) is 42.6 Å². The summed E-state index contributed by atoms with van der Waals surface area (Å²) in [6.07, 6.45) is 1.77. The lowest BCUT2D eigenvalue weighted by Crippen LogP contribution is -2.20. The first-order chi connectivity index (χ1) is 9.81. The highest BCUT2D eigenvalue weighted by Crippen LogP contribution is 2.32. The number of methoxy groups -OCH3 is 1. The molecule has 1 N–H and O–H groups in total. The zero-order valence-corrected chi connectivity index (χ0v) is 12.1. The molecule has 1 heterocycles. The minimum Gasteiger partial charge on any atom is -0.495 e. The highest BCUT2D eigenvalue weighted by molar-refractivity contribution is 5.43. The van der Waals surface area contributed by atoms with Crippen LogP contribution in [-0.2, 0) is 0 Å². The summed E-state index contributed by atoms with van der Waals surface area (Å²) in [6, 6.07) is 11.7. The van der Waals surface area contributed by atoms with Gasteiger partial charge >= 0.3 is 0 Å². The van der Waals surface area contributed by atoms with E-state index >= 15 is 0 Å². The van der Waals surface area contributed by atoms with Crippen molar-refractivity contribution in [2.24, 2.45) is 0 Å². The third kappa shape index (κ3) is 2.91. The number of benzene rings is 1. The van der Waals surface area contributed by atoms with Crippen molar-refractivity contribution >= 4 is 0 Å². The van der Waals surface area contributed by atoms with Gasteiger partial charge in [-0.1, -0.05) is 18.2 Å². The van der Waals surface area contributed by atoms with E-state index in [1.54, 1.807) is 13.3 Å². The van der Waals surface area contributed by atoms with Gasteiger partial charge in [0.15, 0.2) is 0 Å². The average molecular weight is 272 g/mol. The van der Waals surface area contributed by atoms with Crippen LogP contribution in [0.25, 0.3) is 0 Å². The number of nitrogens with zero attached hydrogens (tertiary/aromatic N) is 1. The molecule has 0 saturated carbocycles. The summed E-state index contributed by atoms with van der Waals surface area (Å²) < 4.78 is 11.1. The highest BCUT2D eigenvalue weighted by atomic mass is 16.5. The SMILES string of the molecule is CCOc1ccccc1C(NC)c1ncccc1OC. The number of rotatable bonds is 6. The minimum atomic E-state index is -0.0751. The molecule has 0 amide bonds. The first kappa shape index (κ1) is 14.3. The Balaban J connectivity index is 2.47. The molecule has 1 aromatic carbocycles. The van der Waals surface area contributed by atoms with Crippen molar-refractivity contribution in [3.8, 4) is 11.5 Å². The fourth-order valence-electron chi connectivity index (χ4n) is 2.24. The van der Waals surface area contributed by atoms with Gasteiger partial charge in [0.2, 0.25) is 0 Å². The molecular formula is C16H20N2O2. The molecule has 0 spiro atoms. The molecule has 4 nitrogen and oxygen atoms in total. The number of aromatic nitrogens is 1. The fourth-order valence-corrected chi connectivity index (χ4v) is 2.24. The van der Waals surface area contributed by atoms with Crippen molar-refractivity contribution in [1.82, 2.24) is 10.3 Å². The van der Waals surface area contributed by atoms with Crippen molar-refractivity contribution in [1.29, 1.82) is 0 Å². The molecule has 20 heavy (non-hydrogen) atoms. The van der Waals surface area contributed by atoms with Crippen LogP contribution in [0.1, 0.15) is 24.2 Å². The molecule has 0 bridgehead atoms. The number of ether oxygens (including phenoxy) is 2. The van der Waals surface area contributed by atoms with Gasteiger partial charge in [0.25, 0.3) is 0 Å². The summed E-state index contributed by atoms with van der Waals surface area (Å²) in [5.74, 6) is 1.63. The molecule has 0 aliphatic rings. The predicted octanol–water partition coefficient (Wildman–Crippen LogP) is 2.80. The number of para-hydroxylation sites is 1. The zero-order chi connectivity index (χ0) is 14.4. The summed E-state index contributed by atoms with van der Waals surface area (Å²) in [5.41, 5.74) is 1.90. The molecule has 1 aromatic heterocycles.